The van der Waals surface area contributed by atoms with E-state index in [1.54, 1.807) is 6.07 Å². The second kappa shape index (κ2) is 3.02. The Morgan fingerprint density at radius 3 is 2.93 bits per heavy atom. The van der Waals surface area contributed by atoms with Gasteiger partial charge in [0.05, 0.1) is 18.3 Å². The molecule has 1 aromatic carbocycles. The van der Waals surface area contributed by atoms with E-state index in [9.17, 15) is 10.1 Å². The molecule has 2 rings (SSSR count). The van der Waals surface area contributed by atoms with E-state index < -0.39 is 4.92 Å². The fourth-order valence-corrected chi connectivity index (χ4v) is 1.29. The average Bonchev–Trinajstić information content (AvgIpc) is 2.62. The van der Waals surface area contributed by atoms with Crippen molar-refractivity contribution in [2.75, 3.05) is 7.11 Å². The van der Waals surface area contributed by atoms with E-state index in [1.165, 1.54) is 25.5 Å². The molecule has 0 unspecified atom stereocenters. The summed E-state index contributed by atoms with van der Waals surface area (Å²) in [6.45, 7) is 0. The van der Waals surface area contributed by atoms with Crippen molar-refractivity contribution in [1.29, 1.82) is 0 Å². The van der Waals surface area contributed by atoms with Crippen LogP contribution in [0.1, 0.15) is 0 Å². The first-order valence-electron chi connectivity index (χ1n) is 3.92. The first kappa shape index (κ1) is 8.55. The molecule has 0 aliphatic rings. The summed E-state index contributed by atoms with van der Waals surface area (Å²) in [7, 11) is 1.39. The molecule has 0 amide bonds. The zero-order chi connectivity index (χ0) is 10.1. The van der Waals surface area contributed by atoms with Gasteiger partial charge in [-0.15, -0.1) is 0 Å². The van der Waals surface area contributed by atoms with Crippen LogP contribution in [-0.2, 0) is 0 Å². The van der Waals surface area contributed by atoms with Gasteiger partial charge < -0.3 is 9.15 Å². The van der Waals surface area contributed by atoms with Crippen molar-refractivity contribution >= 4 is 16.7 Å². The van der Waals surface area contributed by atoms with Gasteiger partial charge in [-0.2, -0.15) is 0 Å². The van der Waals surface area contributed by atoms with E-state index in [4.69, 9.17) is 9.15 Å². The topological polar surface area (TPSA) is 65.5 Å². The molecular formula is C9H7NO4. The van der Waals surface area contributed by atoms with Crippen LogP contribution in [0, 0.1) is 10.1 Å². The Bertz CT molecular complexity index is 489. The van der Waals surface area contributed by atoms with Crippen molar-refractivity contribution in [2.24, 2.45) is 0 Å². The number of hydrogen-bond donors (Lipinski definition) is 0. The molecule has 0 spiro atoms. The summed E-state index contributed by atoms with van der Waals surface area (Å²) in [6, 6.07) is 4.60. The largest absolute Gasteiger partial charge is 0.490 e. The molecule has 0 radical (unpaired) electrons. The van der Waals surface area contributed by atoms with E-state index >= 15 is 0 Å². The van der Waals surface area contributed by atoms with E-state index in [0.717, 1.165) is 0 Å². The molecule has 0 N–H and O–H groups in total. The van der Waals surface area contributed by atoms with E-state index in [-0.39, 0.29) is 11.4 Å². The van der Waals surface area contributed by atoms with Gasteiger partial charge in [-0.3, -0.25) is 10.1 Å². The predicted octanol–water partition coefficient (Wildman–Crippen LogP) is 2.35. The second-order valence-electron chi connectivity index (χ2n) is 2.74. The number of methoxy groups -OCH3 is 1. The summed E-state index contributed by atoms with van der Waals surface area (Å²) in [4.78, 5) is 10.2. The Labute approximate surface area is 79.0 Å². The number of ether oxygens (including phenoxy) is 1. The molecule has 0 fully saturated rings. The van der Waals surface area contributed by atoms with Crippen LogP contribution in [0.15, 0.2) is 28.9 Å². The third-order valence-corrected chi connectivity index (χ3v) is 1.95. The number of nitro groups is 1. The maximum Gasteiger partial charge on any atom is 0.311 e. The van der Waals surface area contributed by atoms with Crippen molar-refractivity contribution in [3.63, 3.8) is 0 Å². The number of fused-ring (bicyclic) bond motifs is 1. The van der Waals surface area contributed by atoms with Gasteiger partial charge >= 0.3 is 5.69 Å². The lowest BCUT2D eigenvalue weighted by Gasteiger charge is -2.00. The summed E-state index contributed by atoms with van der Waals surface area (Å²) in [6.07, 6.45) is 1.48. The Morgan fingerprint density at radius 2 is 2.29 bits per heavy atom. The van der Waals surface area contributed by atoms with Crippen LogP contribution >= 0.6 is 0 Å². The zero-order valence-electron chi connectivity index (χ0n) is 7.39. The molecule has 5 nitrogen and oxygen atoms in total. The average molecular weight is 193 g/mol. The van der Waals surface area contributed by atoms with Crippen molar-refractivity contribution in [3.05, 3.63) is 34.6 Å². The highest BCUT2D eigenvalue weighted by Crippen LogP contribution is 2.32. The zero-order valence-corrected chi connectivity index (χ0v) is 7.39. The standard InChI is InChI=1S/C9H7NO4/c1-13-9-5-8-6(2-3-14-8)4-7(9)10(11)12/h2-5H,1H3. The van der Waals surface area contributed by atoms with Gasteiger partial charge in [0.2, 0.25) is 5.75 Å². The van der Waals surface area contributed by atoms with Crippen LogP contribution in [0.4, 0.5) is 5.69 Å². The number of furan rings is 1. The van der Waals surface area contributed by atoms with Gasteiger partial charge in [-0.1, -0.05) is 0 Å². The monoisotopic (exact) mass is 193 g/mol. The first-order chi connectivity index (χ1) is 6.72. The van der Waals surface area contributed by atoms with Gasteiger partial charge in [0.25, 0.3) is 0 Å². The van der Waals surface area contributed by atoms with Crippen LogP contribution < -0.4 is 4.74 Å². The van der Waals surface area contributed by atoms with Gasteiger partial charge in [0.1, 0.15) is 5.58 Å². The molecule has 72 valence electrons. The second-order valence-corrected chi connectivity index (χ2v) is 2.74. The summed E-state index contributed by atoms with van der Waals surface area (Å²) in [5.41, 5.74) is 0.522. The van der Waals surface area contributed by atoms with Gasteiger partial charge in [0, 0.05) is 17.5 Å². The Kier molecular flexibility index (Phi) is 1.85. The fourth-order valence-electron chi connectivity index (χ4n) is 1.29. The maximum absolute atomic E-state index is 10.6. The van der Waals surface area contributed by atoms with Crippen LogP contribution in [0.3, 0.4) is 0 Å². The molecule has 2 aromatic rings. The van der Waals surface area contributed by atoms with Crippen LogP contribution in [0.25, 0.3) is 11.0 Å². The third-order valence-electron chi connectivity index (χ3n) is 1.95. The molecule has 0 bridgehead atoms. The van der Waals surface area contributed by atoms with E-state index in [2.05, 4.69) is 0 Å². The van der Waals surface area contributed by atoms with Crippen LogP contribution in [0.2, 0.25) is 0 Å². The van der Waals surface area contributed by atoms with E-state index in [1.807, 2.05) is 0 Å². The molecular weight excluding hydrogens is 186 g/mol. The van der Waals surface area contributed by atoms with Crippen molar-refractivity contribution in [1.82, 2.24) is 0 Å². The minimum atomic E-state index is -0.481. The SMILES string of the molecule is COc1cc2occc2cc1[N+](=O)[O-]. The lowest BCUT2D eigenvalue weighted by atomic mass is 10.2. The highest BCUT2D eigenvalue weighted by Gasteiger charge is 2.16. The third kappa shape index (κ3) is 1.19. The summed E-state index contributed by atoms with van der Waals surface area (Å²) >= 11 is 0. The summed E-state index contributed by atoms with van der Waals surface area (Å²) in [5, 5.41) is 11.3. The molecule has 0 saturated heterocycles. The molecule has 0 aliphatic carbocycles. The van der Waals surface area contributed by atoms with Crippen molar-refractivity contribution in [3.8, 4) is 5.75 Å². The molecule has 14 heavy (non-hydrogen) atoms. The highest BCUT2D eigenvalue weighted by atomic mass is 16.6. The molecule has 1 heterocycles. The smallest absolute Gasteiger partial charge is 0.311 e. The van der Waals surface area contributed by atoms with E-state index in [0.29, 0.717) is 11.0 Å². The lowest BCUT2D eigenvalue weighted by molar-refractivity contribution is -0.385. The van der Waals surface area contributed by atoms with Crippen LogP contribution in [0.5, 0.6) is 5.75 Å². The molecule has 0 aliphatic heterocycles. The summed E-state index contributed by atoms with van der Waals surface area (Å²) in [5.74, 6) is 0.206. The quantitative estimate of drug-likeness (QED) is 0.542. The highest BCUT2D eigenvalue weighted by molar-refractivity contribution is 5.82. The first-order valence-corrected chi connectivity index (χ1v) is 3.92. The minimum absolute atomic E-state index is 0.0543. The number of rotatable bonds is 2. The Hall–Kier alpha value is -2.04. The molecule has 0 atom stereocenters. The summed E-state index contributed by atoms with van der Waals surface area (Å²) < 4.78 is 9.97. The molecule has 0 saturated carbocycles. The molecule has 1 aromatic heterocycles. The Balaban J connectivity index is 2.72. The predicted molar refractivity (Wildman–Crippen MR) is 49.4 cm³/mol. The van der Waals surface area contributed by atoms with Gasteiger partial charge in [-0.05, 0) is 6.07 Å². The van der Waals surface area contributed by atoms with Crippen LogP contribution in [-0.4, -0.2) is 12.0 Å². The number of hydrogen-bond acceptors (Lipinski definition) is 4. The fraction of sp³-hybridized carbons (Fsp3) is 0.111. The number of benzene rings is 1. The van der Waals surface area contributed by atoms with Crippen molar-refractivity contribution in [2.45, 2.75) is 0 Å². The molecule has 5 heteroatoms. The Morgan fingerprint density at radius 1 is 1.50 bits per heavy atom. The minimum Gasteiger partial charge on any atom is -0.490 e. The maximum atomic E-state index is 10.6. The van der Waals surface area contributed by atoms with Gasteiger partial charge in [-0.25, -0.2) is 0 Å². The normalized spacial score (nSPS) is 10.4. The van der Waals surface area contributed by atoms with Gasteiger partial charge in [0.15, 0.2) is 0 Å². The number of nitro benzene ring substituents is 1. The lowest BCUT2D eigenvalue weighted by Crippen LogP contribution is -1.92. The van der Waals surface area contributed by atoms with Crippen molar-refractivity contribution < 1.29 is 14.1 Å². The number of nitrogens with zero attached hydrogens (tertiary/aromatic N) is 1.